The van der Waals surface area contributed by atoms with Crippen LogP contribution in [0.4, 0.5) is 5.69 Å². The van der Waals surface area contributed by atoms with Crippen LogP contribution in [0.5, 0.6) is 0 Å². The van der Waals surface area contributed by atoms with Crippen LogP contribution < -0.4 is 10.9 Å². The van der Waals surface area contributed by atoms with Crippen LogP contribution in [-0.2, 0) is 0 Å². The van der Waals surface area contributed by atoms with Crippen molar-refractivity contribution in [2.75, 3.05) is 5.01 Å². The number of para-hydroxylation sites is 1. The fourth-order valence-electron chi connectivity index (χ4n) is 0.905. The number of nitrogens with zero attached hydrogens (tertiary/aromatic N) is 1. The molecular formula is C10H14N2. The molecule has 0 fully saturated rings. The van der Waals surface area contributed by atoms with Gasteiger partial charge in [0.25, 0.3) is 0 Å². The maximum Gasteiger partial charge on any atom is 0.0568 e. The van der Waals surface area contributed by atoms with Crippen molar-refractivity contribution in [3.63, 3.8) is 0 Å². The van der Waals surface area contributed by atoms with Crippen LogP contribution in [0.15, 0.2) is 42.6 Å². The van der Waals surface area contributed by atoms with Crippen molar-refractivity contribution in [3.05, 3.63) is 42.6 Å². The van der Waals surface area contributed by atoms with Crippen LogP contribution in [-0.4, -0.2) is 0 Å². The summed E-state index contributed by atoms with van der Waals surface area (Å²) < 4.78 is 0. The molecule has 12 heavy (non-hydrogen) atoms. The number of rotatable bonds is 3. The van der Waals surface area contributed by atoms with Crippen LogP contribution in [0.25, 0.3) is 0 Å². The standard InChI is InChI=1S/C10H14N2/c1-2-3-9-12(11)10-7-5-4-6-8-10/h3-9H,2,11H2,1H3/b9-3-. The number of hydrogen-bond donors (Lipinski definition) is 1. The molecule has 0 heterocycles. The molecule has 0 aliphatic heterocycles. The van der Waals surface area contributed by atoms with Gasteiger partial charge in [-0.15, -0.1) is 0 Å². The van der Waals surface area contributed by atoms with Gasteiger partial charge in [-0.2, -0.15) is 0 Å². The second-order valence-electron chi connectivity index (χ2n) is 2.54. The lowest BCUT2D eigenvalue weighted by atomic mass is 10.3. The van der Waals surface area contributed by atoms with Gasteiger partial charge < -0.3 is 0 Å². The van der Waals surface area contributed by atoms with E-state index < -0.39 is 0 Å². The summed E-state index contributed by atoms with van der Waals surface area (Å²) in [6.45, 7) is 2.08. The molecule has 0 aromatic heterocycles. The first kappa shape index (κ1) is 8.81. The molecule has 1 aromatic rings. The first-order valence-electron chi connectivity index (χ1n) is 4.10. The van der Waals surface area contributed by atoms with E-state index in [0.29, 0.717) is 0 Å². The predicted molar refractivity (Wildman–Crippen MR) is 52.5 cm³/mol. The van der Waals surface area contributed by atoms with Crippen LogP contribution in [0.2, 0.25) is 0 Å². The SMILES string of the molecule is CC/C=C\N(N)c1ccccc1. The van der Waals surface area contributed by atoms with Crippen molar-refractivity contribution in [2.24, 2.45) is 5.84 Å². The van der Waals surface area contributed by atoms with Crippen LogP contribution in [0.3, 0.4) is 0 Å². The molecule has 1 aromatic carbocycles. The Morgan fingerprint density at radius 1 is 1.33 bits per heavy atom. The Morgan fingerprint density at radius 2 is 2.00 bits per heavy atom. The number of anilines is 1. The molecule has 2 heteroatoms. The Balaban J connectivity index is 2.65. The second kappa shape index (κ2) is 4.57. The summed E-state index contributed by atoms with van der Waals surface area (Å²) in [5, 5.41) is 1.61. The van der Waals surface area contributed by atoms with E-state index >= 15 is 0 Å². The zero-order valence-electron chi connectivity index (χ0n) is 7.27. The Bertz CT molecular complexity index is 241. The summed E-state index contributed by atoms with van der Waals surface area (Å²) in [5.74, 6) is 5.73. The fourth-order valence-corrected chi connectivity index (χ4v) is 0.905. The molecule has 0 radical (unpaired) electrons. The lowest BCUT2D eigenvalue weighted by molar-refractivity contribution is 1.06. The molecule has 2 nitrogen and oxygen atoms in total. The smallest absolute Gasteiger partial charge is 0.0568 e. The van der Waals surface area contributed by atoms with Gasteiger partial charge in [0.1, 0.15) is 0 Å². The average molecular weight is 162 g/mol. The zero-order valence-corrected chi connectivity index (χ0v) is 7.27. The maximum absolute atomic E-state index is 5.73. The van der Waals surface area contributed by atoms with Crippen molar-refractivity contribution in [1.29, 1.82) is 0 Å². The van der Waals surface area contributed by atoms with Gasteiger partial charge in [-0.05, 0) is 18.6 Å². The highest BCUT2D eigenvalue weighted by atomic mass is 15.4. The van der Waals surface area contributed by atoms with Gasteiger partial charge >= 0.3 is 0 Å². The molecule has 0 aliphatic rings. The highest BCUT2D eigenvalue weighted by molar-refractivity contribution is 5.46. The average Bonchev–Trinajstić information content (AvgIpc) is 2.15. The first-order chi connectivity index (χ1) is 5.84. The number of hydrogen-bond acceptors (Lipinski definition) is 2. The van der Waals surface area contributed by atoms with E-state index in [1.807, 2.05) is 42.6 Å². The number of hydrazine groups is 1. The van der Waals surface area contributed by atoms with Crippen molar-refractivity contribution < 1.29 is 0 Å². The van der Waals surface area contributed by atoms with E-state index in [1.165, 1.54) is 0 Å². The maximum atomic E-state index is 5.73. The Hall–Kier alpha value is -1.28. The number of allylic oxidation sites excluding steroid dienone is 1. The van der Waals surface area contributed by atoms with Gasteiger partial charge in [-0.1, -0.05) is 31.2 Å². The molecule has 0 saturated carbocycles. The van der Waals surface area contributed by atoms with Crippen molar-refractivity contribution in [1.82, 2.24) is 0 Å². The monoisotopic (exact) mass is 162 g/mol. The van der Waals surface area contributed by atoms with Crippen molar-refractivity contribution in [3.8, 4) is 0 Å². The van der Waals surface area contributed by atoms with Crippen molar-refractivity contribution in [2.45, 2.75) is 13.3 Å². The lowest BCUT2D eigenvalue weighted by Crippen LogP contribution is -2.23. The summed E-state index contributed by atoms with van der Waals surface area (Å²) >= 11 is 0. The highest BCUT2D eigenvalue weighted by Gasteiger charge is 1.92. The summed E-state index contributed by atoms with van der Waals surface area (Å²) in [5.41, 5.74) is 1.00. The summed E-state index contributed by atoms with van der Waals surface area (Å²) in [6.07, 6.45) is 4.89. The summed E-state index contributed by atoms with van der Waals surface area (Å²) in [7, 11) is 0. The highest BCUT2D eigenvalue weighted by Crippen LogP contribution is 2.08. The van der Waals surface area contributed by atoms with Gasteiger partial charge in [0.2, 0.25) is 0 Å². The third kappa shape index (κ3) is 2.40. The summed E-state index contributed by atoms with van der Waals surface area (Å²) in [4.78, 5) is 0. The number of benzene rings is 1. The second-order valence-corrected chi connectivity index (χ2v) is 2.54. The van der Waals surface area contributed by atoms with E-state index in [4.69, 9.17) is 5.84 Å². The van der Waals surface area contributed by atoms with Gasteiger partial charge in [0.15, 0.2) is 0 Å². The normalized spacial score (nSPS) is 10.5. The molecular weight excluding hydrogens is 148 g/mol. The van der Waals surface area contributed by atoms with E-state index in [-0.39, 0.29) is 0 Å². The Labute approximate surface area is 73.3 Å². The molecule has 0 amide bonds. The van der Waals surface area contributed by atoms with Crippen LogP contribution in [0.1, 0.15) is 13.3 Å². The fraction of sp³-hybridized carbons (Fsp3) is 0.200. The minimum atomic E-state index is 1.00. The topological polar surface area (TPSA) is 29.3 Å². The molecule has 0 aliphatic carbocycles. The van der Waals surface area contributed by atoms with E-state index in [2.05, 4.69) is 6.92 Å². The van der Waals surface area contributed by atoms with Gasteiger partial charge in [0, 0.05) is 6.20 Å². The Kier molecular flexibility index (Phi) is 3.35. The molecule has 64 valence electrons. The zero-order chi connectivity index (χ0) is 8.81. The molecule has 2 N–H and O–H groups in total. The first-order valence-corrected chi connectivity index (χ1v) is 4.10. The molecule has 0 spiro atoms. The van der Waals surface area contributed by atoms with E-state index in [0.717, 1.165) is 12.1 Å². The minimum Gasteiger partial charge on any atom is -0.287 e. The largest absolute Gasteiger partial charge is 0.287 e. The van der Waals surface area contributed by atoms with Gasteiger partial charge in [-0.3, -0.25) is 5.01 Å². The van der Waals surface area contributed by atoms with Crippen LogP contribution in [0, 0.1) is 0 Å². The molecule has 1 rings (SSSR count). The minimum absolute atomic E-state index is 1.00. The lowest BCUT2D eigenvalue weighted by Gasteiger charge is -2.12. The molecule has 0 unspecified atom stereocenters. The van der Waals surface area contributed by atoms with Crippen LogP contribution >= 0.6 is 0 Å². The molecule has 0 saturated heterocycles. The summed E-state index contributed by atoms with van der Waals surface area (Å²) in [6, 6.07) is 9.85. The van der Waals surface area contributed by atoms with Gasteiger partial charge in [0.05, 0.1) is 5.69 Å². The van der Waals surface area contributed by atoms with E-state index in [1.54, 1.807) is 5.01 Å². The third-order valence-electron chi connectivity index (χ3n) is 1.56. The Morgan fingerprint density at radius 3 is 2.58 bits per heavy atom. The molecule has 0 atom stereocenters. The van der Waals surface area contributed by atoms with Crippen molar-refractivity contribution >= 4 is 5.69 Å². The third-order valence-corrected chi connectivity index (χ3v) is 1.56. The van der Waals surface area contributed by atoms with E-state index in [9.17, 15) is 0 Å². The number of nitrogens with two attached hydrogens (primary N) is 1. The molecule has 0 bridgehead atoms. The van der Waals surface area contributed by atoms with Gasteiger partial charge in [-0.25, -0.2) is 5.84 Å². The quantitative estimate of drug-likeness (QED) is 0.545. The predicted octanol–water partition coefficient (Wildman–Crippen LogP) is 2.29.